The van der Waals surface area contributed by atoms with E-state index in [1.54, 1.807) is 7.11 Å². The molecule has 2 aliphatic rings. The van der Waals surface area contributed by atoms with Gasteiger partial charge in [-0.3, -0.25) is 0 Å². The fourth-order valence-corrected chi connectivity index (χ4v) is 3.61. The SMILES string of the molecule is COC(C)OCCCC1CC2CCCC2C1. The van der Waals surface area contributed by atoms with E-state index in [1.165, 1.54) is 44.9 Å². The van der Waals surface area contributed by atoms with E-state index in [0.29, 0.717) is 0 Å². The molecule has 0 aromatic carbocycles. The minimum absolute atomic E-state index is 0.0389. The first-order chi connectivity index (χ1) is 7.79. The Morgan fingerprint density at radius 3 is 2.50 bits per heavy atom. The van der Waals surface area contributed by atoms with Gasteiger partial charge in [0.05, 0.1) is 0 Å². The van der Waals surface area contributed by atoms with Gasteiger partial charge in [-0.1, -0.05) is 19.3 Å². The van der Waals surface area contributed by atoms with Crippen LogP contribution in [0.2, 0.25) is 0 Å². The van der Waals surface area contributed by atoms with Crippen LogP contribution in [-0.4, -0.2) is 20.0 Å². The molecule has 2 fully saturated rings. The molecule has 2 nitrogen and oxygen atoms in total. The van der Waals surface area contributed by atoms with Crippen LogP contribution < -0.4 is 0 Å². The maximum absolute atomic E-state index is 5.52. The van der Waals surface area contributed by atoms with Gasteiger partial charge < -0.3 is 9.47 Å². The molecular formula is C14H26O2. The highest BCUT2D eigenvalue weighted by atomic mass is 16.7. The van der Waals surface area contributed by atoms with Crippen molar-refractivity contribution in [3.8, 4) is 0 Å². The summed E-state index contributed by atoms with van der Waals surface area (Å²) >= 11 is 0. The predicted molar refractivity (Wildman–Crippen MR) is 65.2 cm³/mol. The van der Waals surface area contributed by atoms with Gasteiger partial charge in [-0.25, -0.2) is 0 Å². The Morgan fingerprint density at radius 2 is 1.88 bits per heavy atom. The largest absolute Gasteiger partial charge is 0.356 e. The van der Waals surface area contributed by atoms with E-state index in [4.69, 9.17) is 9.47 Å². The van der Waals surface area contributed by atoms with Gasteiger partial charge in [0.2, 0.25) is 0 Å². The fraction of sp³-hybridized carbons (Fsp3) is 1.00. The Kier molecular flexibility index (Phi) is 4.66. The highest BCUT2D eigenvalue weighted by Gasteiger charge is 2.36. The third-order valence-electron chi connectivity index (χ3n) is 4.53. The summed E-state index contributed by atoms with van der Waals surface area (Å²) in [6, 6.07) is 0. The molecule has 2 saturated carbocycles. The fourth-order valence-electron chi connectivity index (χ4n) is 3.61. The second-order valence-electron chi connectivity index (χ2n) is 5.60. The molecule has 2 rings (SSSR count). The van der Waals surface area contributed by atoms with E-state index < -0.39 is 0 Å². The van der Waals surface area contributed by atoms with Gasteiger partial charge in [-0.15, -0.1) is 0 Å². The van der Waals surface area contributed by atoms with Gasteiger partial charge in [0.15, 0.2) is 6.29 Å². The third kappa shape index (κ3) is 3.21. The molecule has 0 aromatic heterocycles. The molecule has 0 spiro atoms. The van der Waals surface area contributed by atoms with Crippen LogP contribution in [0.4, 0.5) is 0 Å². The van der Waals surface area contributed by atoms with Crippen LogP contribution >= 0.6 is 0 Å². The van der Waals surface area contributed by atoms with E-state index >= 15 is 0 Å². The van der Waals surface area contributed by atoms with Gasteiger partial charge in [-0.2, -0.15) is 0 Å². The summed E-state index contributed by atoms with van der Waals surface area (Å²) in [5.41, 5.74) is 0. The minimum atomic E-state index is -0.0389. The summed E-state index contributed by atoms with van der Waals surface area (Å²) in [7, 11) is 1.70. The first-order valence-electron chi connectivity index (χ1n) is 6.94. The molecule has 0 radical (unpaired) electrons. The molecular weight excluding hydrogens is 200 g/mol. The Balaban J connectivity index is 1.54. The molecule has 16 heavy (non-hydrogen) atoms. The van der Waals surface area contributed by atoms with E-state index in [-0.39, 0.29) is 6.29 Å². The number of fused-ring (bicyclic) bond motifs is 1. The summed E-state index contributed by atoms with van der Waals surface area (Å²) in [6.07, 6.45) is 10.1. The molecule has 3 unspecified atom stereocenters. The van der Waals surface area contributed by atoms with Crippen molar-refractivity contribution in [2.45, 2.75) is 58.2 Å². The van der Waals surface area contributed by atoms with Crippen molar-refractivity contribution in [2.75, 3.05) is 13.7 Å². The number of methoxy groups -OCH3 is 1. The number of hydrogen-bond acceptors (Lipinski definition) is 2. The van der Waals surface area contributed by atoms with Crippen molar-refractivity contribution in [3.63, 3.8) is 0 Å². The van der Waals surface area contributed by atoms with E-state index in [1.807, 2.05) is 6.92 Å². The highest BCUT2D eigenvalue weighted by Crippen LogP contribution is 2.47. The van der Waals surface area contributed by atoms with Gasteiger partial charge >= 0.3 is 0 Å². The lowest BCUT2D eigenvalue weighted by Crippen LogP contribution is -2.11. The van der Waals surface area contributed by atoms with Gasteiger partial charge in [0.1, 0.15) is 0 Å². The average Bonchev–Trinajstić information content (AvgIpc) is 2.84. The van der Waals surface area contributed by atoms with Crippen molar-refractivity contribution in [1.82, 2.24) is 0 Å². The normalized spacial score (nSPS) is 35.2. The van der Waals surface area contributed by atoms with E-state index in [0.717, 1.165) is 24.4 Å². The number of hydrogen-bond donors (Lipinski definition) is 0. The monoisotopic (exact) mass is 226 g/mol. The zero-order valence-corrected chi connectivity index (χ0v) is 10.8. The number of rotatable bonds is 6. The lowest BCUT2D eigenvalue weighted by molar-refractivity contribution is -0.111. The van der Waals surface area contributed by atoms with Crippen molar-refractivity contribution in [1.29, 1.82) is 0 Å². The first-order valence-corrected chi connectivity index (χ1v) is 6.94. The zero-order valence-electron chi connectivity index (χ0n) is 10.8. The van der Waals surface area contributed by atoms with Crippen LogP contribution in [0.15, 0.2) is 0 Å². The van der Waals surface area contributed by atoms with Crippen LogP contribution in [0.3, 0.4) is 0 Å². The summed E-state index contributed by atoms with van der Waals surface area (Å²) in [5, 5.41) is 0. The Bertz CT molecular complexity index is 193. The van der Waals surface area contributed by atoms with Crippen molar-refractivity contribution in [2.24, 2.45) is 17.8 Å². The molecule has 2 aliphatic carbocycles. The highest BCUT2D eigenvalue weighted by molar-refractivity contribution is 4.87. The summed E-state index contributed by atoms with van der Waals surface area (Å²) in [4.78, 5) is 0. The average molecular weight is 226 g/mol. The van der Waals surface area contributed by atoms with Crippen LogP contribution in [0.1, 0.15) is 51.9 Å². The maximum atomic E-state index is 5.52. The van der Waals surface area contributed by atoms with Crippen molar-refractivity contribution >= 4 is 0 Å². The molecule has 2 heteroatoms. The predicted octanol–water partition coefficient (Wildman–Crippen LogP) is 3.60. The molecule has 0 aliphatic heterocycles. The van der Waals surface area contributed by atoms with Crippen LogP contribution in [0.25, 0.3) is 0 Å². The molecule has 0 amide bonds. The molecule has 0 saturated heterocycles. The van der Waals surface area contributed by atoms with Crippen LogP contribution in [0, 0.1) is 17.8 Å². The smallest absolute Gasteiger partial charge is 0.154 e. The lowest BCUT2D eigenvalue weighted by Gasteiger charge is -2.13. The zero-order chi connectivity index (χ0) is 11.4. The first kappa shape index (κ1) is 12.4. The summed E-state index contributed by atoms with van der Waals surface area (Å²) < 4.78 is 10.6. The molecule has 3 atom stereocenters. The van der Waals surface area contributed by atoms with Gasteiger partial charge in [0, 0.05) is 13.7 Å². The van der Waals surface area contributed by atoms with Crippen LogP contribution in [-0.2, 0) is 9.47 Å². The Hall–Kier alpha value is -0.0800. The molecule has 0 N–H and O–H groups in total. The van der Waals surface area contributed by atoms with Gasteiger partial charge in [-0.05, 0) is 50.4 Å². The van der Waals surface area contributed by atoms with Crippen molar-refractivity contribution in [3.05, 3.63) is 0 Å². The third-order valence-corrected chi connectivity index (χ3v) is 4.53. The second-order valence-corrected chi connectivity index (χ2v) is 5.60. The minimum Gasteiger partial charge on any atom is -0.356 e. The topological polar surface area (TPSA) is 18.5 Å². The van der Waals surface area contributed by atoms with Gasteiger partial charge in [0.25, 0.3) is 0 Å². The van der Waals surface area contributed by atoms with Crippen molar-refractivity contribution < 1.29 is 9.47 Å². The lowest BCUT2D eigenvalue weighted by atomic mass is 9.98. The second kappa shape index (κ2) is 6.02. The van der Waals surface area contributed by atoms with E-state index in [2.05, 4.69) is 0 Å². The molecule has 0 aromatic rings. The van der Waals surface area contributed by atoms with E-state index in [9.17, 15) is 0 Å². The molecule has 0 heterocycles. The molecule has 94 valence electrons. The van der Waals surface area contributed by atoms with Crippen LogP contribution in [0.5, 0.6) is 0 Å². The Labute approximate surface area is 99.7 Å². The standard InChI is InChI=1S/C14H26O2/c1-11(15-2)16-8-4-5-12-9-13-6-3-7-14(13)10-12/h11-14H,3-10H2,1-2H3. The maximum Gasteiger partial charge on any atom is 0.154 e. The Morgan fingerprint density at radius 1 is 1.19 bits per heavy atom. The summed E-state index contributed by atoms with van der Waals surface area (Å²) in [5.74, 6) is 3.17. The number of ether oxygens (including phenoxy) is 2. The summed E-state index contributed by atoms with van der Waals surface area (Å²) in [6.45, 7) is 2.82. The quantitative estimate of drug-likeness (QED) is 0.509. The molecule has 0 bridgehead atoms.